The fraction of sp³-hybridized carbons (Fsp3) is 0.917. The third kappa shape index (κ3) is 3.15. The standard InChI is InChI=1S/C12H19F2NO2S/c1-12(13,14)11(16)17-10-5-8-3-4-18-7-9(6-10)15(8)2/h8-10H,3-7H2,1-2H3. The van der Waals surface area contributed by atoms with Crippen LogP contribution in [0.3, 0.4) is 0 Å². The van der Waals surface area contributed by atoms with Crippen LogP contribution in [0.15, 0.2) is 0 Å². The van der Waals surface area contributed by atoms with Crippen molar-refractivity contribution in [2.45, 2.75) is 50.3 Å². The summed E-state index contributed by atoms with van der Waals surface area (Å²) >= 11 is 1.89. The van der Waals surface area contributed by atoms with Crippen LogP contribution in [-0.2, 0) is 9.53 Å². The molecule has 0 saturated carbocycles. The summed E-state index contributed by atoms with van der Waals surface area (Å²) in [6.07, 6.45) is 2.03. The zero-order valence-electron chi connectivity index (χ0n) is 10.7. The van der Waals surface area contributed by atoms with Gasteiger partial charge in [0.15, 0.2) is 0 Å². The average Bonchev–Trinajstić information content (AvgIpc) is 2.38. The third-order valence-corrected chi connectivity index (χ3v) is 4.90. The lowest BCUT2D eigenvalue weighted by Gasteiger charge is -2.41. The van der Waals surface area contributed by atoms with Crippen molar-refractivity contribution in [3.63, 3.8) is 0 Å². The molecule has 2 saturated heterocycles. The second kappa shape index (κ2) is 5.33. The van der Waals surface area contributed by atoms with E-state index in [9.17, 15) is 13.6 Å². The van der Waals surface area contributed by atoms with Gasteiger partial charge in [-0.15, -0.1) is 0 Å². The van der Waals surface area contributed by atoms with Gasteiger partial charge in [-0.1, -0.05) is 0 Å². The molecule has 2 heterocycles. The Kier molecular flexibility index (Phi) is 4.16. The van der Waals surface area contributed by atoms with E-state index >= 15 is 0 Å². The van der Waals surface area contributed by atoms with Crippen LogP contribution in [0, 0.1) is 0 Å². The SMILES string of the molecule is CN1C2CCSCC1CC(OC(=O)C(C)(F)F)C2. The van der Waals surface area contributed by atoms with Gasteiger partial charge in [0.25, 0.3) is 0 Å². The highest BCUT2D eigenvalue weighted by atomic mass is 32.2. The quantitative estimate of drug-likeness (QED) is 0.724. The lowest BCUT2D eigenvalue weighted by atomic mass is 9.93. The van der Waals surface area contributed by atoms with E-state index < -0.39 is 11.9 Å². The Balaban J connectivity index is 1.98. The molecular weight excluding hydrogens is 260 g/mol. The number of ether oxygens (including phenoxy) is 1. The summed E-state index contributed by atoms with van der Waals surface area (Å²) in [6, 6.07) is 0.682. The number of carbonyl (C=O) groups excluding carboxylic acids is 1. The van der Waals surface area contributed by atoms with E-state index in [0.29, 0.717) is 31.8 Å². The summed E-state index contributed by atoms with van der Waals surface area (Å²) in [7, 11) is 2.08. The second-order valence-corrected chi connectivity index (χ2v) is 6.37. The summed E-state index contributed by atoms with van der Waals surface area (Å²) < 4.78 is 30.6. The van der Waals surface area contributed by atoms with Crippen LogP contribution in [-0.4, -0.2) is 53.5 Å². The number of rotatable bonds is 2. The van der Waals surface area contributed by atoms with Crippen LogP contribution in [0.5, 0.6) is 0 Å². The van der Waals surface area contributed by atoms with Gasteiger partial charge < -0.3 is 4.74 Å². The minimum atomic E-state index is -3.39. The van der Waals surface area contributed by atoms with Crippen molar-refractivity contribution in [1.29, 1.82) is 0 Å². The molecule has 0 N–H and O–H groups in total. The van der Waals surface area contributed by atoms with Crippen molar-refractivity contribution >= 4 is 17.7 Å². The van der Waals surface area contributed by atoms with Gasteiger partial charge in [0.2, 0.25) is 0 Å². The predicted molar refractivity (Wildman–Crippen MR) is 67.0 cm³/mol. The number of carbonyl (C=O) groups is 1. The Hall–Kier alpha value is -0.360. The molecule has 0 aliphatic carbocycles. The fourth-order valence-corrected chi connectivity index (χ4v) is 3.88. The maximum absolute atomic E-state index is 12.8. The van der Waals surface area contributed by atoms with Crippen molar-refractivity contribution in [3.8, 4) is 0 Å². The molecule has 2 aliphatic heterocycles. The molecule has 0 aromatic heterocycles. The Bertz CT molecular complexity index is 306. The van der Waals surface area contributed by atoms with Crippen LogP contribution in [0.4, 0.5) is 8.78 Å². The molecule has 0 amide bonds. The molecule has 3 unspecified atom stereocenters. The highest BCUT2D eigenvalue weighted by Gasteiger charge is 2.40. The van der Waals surface area contributed by atoms with E-state index in [1.807, 2.05) is 11.8 Å². The predicted octanol–water partition coefficient (Wildman–Crippen LogP) is 2.15. The van der Waals surface area contributed by atoms with Crippen molar-refractivity contribution < 1.29 is 18.3 Å². The van der Waals surface area contributed by atoms with Gasteiger partial charge >= 0.3 is 11.9 Å². The van der Waals surface area contributed by atoms with Crippen LogP contribution in [0.1, 0.15) is 26.2 Å². The minimum Gasteiger partial charge on any atom is -0.458 e. The van der Waals surface area contributed by atoms with E-state index in [1.54, 1.807) is 0 Å². The molecule has 0 aromatic rings. The van der Waals surface area contributed by atoms with Crippen molar-refractivity contribution in [1.82, 2.24) is 4.90 Å². The van der Waals surface area contributed by atoms with E-state index in [-0.39, 0.29) is 6.10 Å². The first-order chi connectivity index (χ1) is 8.38. The number of thioether (sulfide) groups is 1. The number of piperidine rings is 1. The Morgan fingerprint density at radius 3 is 2.72 bits per heavy atom. The first kappa shape index (κ1) is 14.1. The number of hydrogen-bond donors (Lipinski definition) is 0. The number of alkyl halides is 2. The lowest BCUT2D eigenvalue weighted by molar-refractivity contribution is -0.178. The first-order valence-corrected chi connectivity index (χ1v) is 7.42. The number of halogens is 2. The van der Waals surface area contributed by atoms with Gasteiger partial charge in [-0.05, 0) is 19.2 Å². The number of fused-ring (bicyclic) bond motifs is 2. The van der Waals surface area contributed by atoms with Crippen LogP contribution in [0.2, 0.25) is 0 Å². The highest BCUT2D eigenvalue weighted by Crippen LogP contribution is 2.32. The Labute approximate surface area is 110 Å². The normalized spacial score (nSPS) is 33.9. The zero-order valence-corrected chi connectivity index (χ0v) is 11.5. The molecule has 3 atom stereocenters. The summed E-state index contributed by atoms with van der Waals surface area (Å²) in [6.45, 7) is 0.590. The smallest absolute Gasteiger partial charge is 0.376 e. The van der Waals surface area contributed by atoms with Crippen LogP contribution in [0.25, 0.3) is 0 Å². The van der Waals surface area contributed by atoms with E-state index in [0.717, 1.165) is 17.9 Å². The van der Waals surface area contributed by atoms with Gasteiger partial charge in [-0.2, -0.15) is 20.5 Å². The molecule has 3 nitrogen and oxygen atoms in total. The van der Waals surface area contributed by atoms with Crippen molar-refractivity contribution in [3.05, 3.63) is 0 Å². The highest BCUT2D eigenvalue weighted by molar-refractivity contribution is 7.99. The van der Waals surface area contributed by atoms with E-state index in [4.69, 9.17) is 4.74 Å². The molecule has 2 fully saturated rings. The molecule has 18 heavy (non-hydrogen) atoms. The van der Waals surface area contributed by atoms with Crippen molar-refractivity contribution in [2.75, 3.05) is 18.6 Å². The monoisotopic (exact) mass is 279 g/mol. The Morgan fingerprint density at radius 1 is 1.39 bits per heavy atom. The van der Waals surface area contributed by atoms with Gasteiger partial charge in [0.1, 0.15) is 6.10 Å². The number of esters is 1. The molecule has 104 valence electrons. The number of hydrogen-bond acceptors (Lipinski definition) is 4. The average molecular weight is 279 g/mol. The molecule has 0 spiro atoms. The summed E-state index contributed by atoms with van der Waals surface area (Å²) in [4.78, 5) is 13.5. The largest absolute Gasteiger partial charge is 0.458 e. The summed E-state index contributed by atoms with van der Waals surface area (Å²) in [5, 5.41) is 0. The topological polar surface area (TPSA) is 29.5 Å². The third-order valence-electron chi connectivity index (χ3n) is 3.76. The fourth-order valence-electron chi connectivity index (χ4n) is 2.63. The molecular formula is C12H19F2NO2S. The molecule has 0 radical (unpaired) electrons. The second-order valence-electron chi connectivity index (χ2n) is 5.22. The van der Waals surface area contributed by atoms with E-state index in [1.165, 1.54) is 0 Å². The molecule has 2 aliphatic rings. The van der Waals surface area contributed by atoms with Gasteiger partial charge in [0, 0.05) is 37.6 Å². The van der Waals surface area contributed by atoms with Crippen LogP contribution < -0.4 is 0 Å². The Morgan fingerprint density at radius 2 is 2.06 bits per heavy atom. The molecule has 2 rings (SSSR count). The lowest BCUT2D eigenvalue weighted by Crippen LogP contribution is -2.50. The van der Waals surface area contributed by atoms with E-state index in [2.05, 4.69) is 11.9 Å². The summed E-state index contributed by atoms with van der Waals surface area (Å²) in [5.74, 6) is -2.69. The van der Waals surface area contributed by atoms with Crippen molar-refractivity contribution in [2.24, 2.45) is 0 Å². The molecule has 0 aromatic carbocycles. The van der Waals surface area contributed by atoms with Gasteiger partial charge in [-0.25, -0.2) is 4.79 Å². The molecule has 6 heteroatoms. The first-order valence-electron chi connectivity index (χ1n) is 6.26. The zero-order chi connectivity index (χ0) is 13.3. The van der Waals surface area contributed by atoms with Gasteiger partial charge in [0.05, 0.1) is 0 Å². The maximum Gasteiger partial charge on any atom is 0.376 e. The number of nitrogens with zero attached hydrogens (tertiary/aromatic N) is 1. The molecule has 2 bridgehead atoms. The minimum absolute atomic E-state index is 0.333. The summed E-state index contributed by atoms with van der Waals surface area (Å²) in [5.41, 5.74) is 0. The van der Waals surface area contributed by atoms with Gasteiger partial charge in [-0.3, -0.25) is 4.90 Å². The maximum atomic E-state index is 12.8. The van der Waals surface area contributed by atoms with Crippen LogP contribution >= 0.6 is 11.8 Å².